The molecule has 16 heavy (non-hydrogen) atoms. The van der Waals surface area contributed by atoms with Crippen LogP contribution in [0, 0.1) is 5.92 Å². The highest BCUT2D eigenvalue weighted by Gasteiger charge is 2.23. The molecule has 3 heteroatoms. The summed E-state index contributed by atoms with van der Waals surface area (Å²) in [6.07, 6.45) is 4.48. The van der Waals surface area contributed by atoms with Gasteiger partial charge in [-0.05, 0) is 37.3 Å². The third kappa shape index (κ3) is 2.49. The summed E-state index contributed by atoms with van der Waals surface area (Å²) < 4.78 is 0. The number of aromatic nitrogens is 1. The van der Waals surface area contributed by atoms with Gasteiger partial charge in [0, 0.05) is 24.7 Å². The molecule has 0 N–H and O–H groups in total. The van der Waals surface area contributed by atoms with Crippen LogP contribution in [0.3, 0.4) is 0 Å². The number of anilines is 1. The van der Waals surface area contributed by atoms with Crippen molar-refractivity contribution in [3.05, 3.63) is 23.9 Å². The van der Waals surface area contributed by atoms with Gasteiger partial charge in [-0.3, -0.25) is 0 Å². The predicted molar refractivity (Wildman–Crippen MR) is 69.0 cm³/mol. The Morgan fingerprint density at radius 2 is 2.19 bits per heavy atom. The Hall–Kier alpha value is -0.760. The van der Waals surface area contributed by atoms with E-state index in [9.17, 15) is 0 Å². The highest BCUT2D eigenvalue weighted by Crippen LogP contribution is 2.26. The first kappa shape index (κ1) is 11.7. The summed E-state index contributed by atoms with van der Waals surface area (Å²) in [7, 11) is 0. The molecule has 1 aromatic heterocycles. The molecule has 0 saturated carbocycles. The summed E-state index contributed by atoms with van der Waals surface area (Å²) in [6, 6.07) is 4.76. The van der Waals surface area contributed by atoms with Crippen LogP contribution in [0.4, 0.5) is 5.82 Å². The van der Waals surface area contributed by atoms with E-state index in [1.54, 1.807) is 0 Å². The van der Waals surface area contributed by atoms with Gasteiger partial charge < -0.3 is 4.90 Å². The summed E-state index contributed by atoms with van der Waals surface area (Å²) in [5.74, 6) is 2.40. The van der Waals surface area contributed by atoms with Gasteiger partial charge >= 0.3 is 0 Å². The van der Waals surface area contributed by atoms with Crippen molar-refractivity contribution in [2.75, 3.05) is 11.4 Å². The van der Waals surface area contributed by atoms with Crippen molar-refractivity contribution in [3.8, 4) is 0 Å². The second-order valence-electron chi connectivity index (χ2n) is 4.84. The molecule has 2 rings (SSSR count). The zero-order valence-electron chi connectivity index (χ0n) is 9.99. The van der Waals surface area contributed by atoms with Crippen molar-refractivity contribution in [2.45, 2.75) is 38.6 Å². The third-order valence-corrected chi connectivity index (χ3v) is 3.68. The fourth-order valence-electron chi connectivity index (χ4n) is 2.27. The molecular formula is C13H19ClN2. The lowest BCUT2D eigenvalue weighted by Crippen LogP contribution is -2.41. The van der Waals surface area contributed by atoms with Crippen molar-refractivity contribution in [2.24, 2.45) is 5.92 Å². The van der Waals surface area contributed by atoms with Crippen LogP contribution < -0.4 is 4.90 Å². The van der Waals surface area contributed by atoms with E-state index in [2.05, 4.69) is 35.9 Å². The molecule has 0 aromatic carbocycles. The van der Waals surface area contributed by atoms with Crippen molar-refractivity contribution in [1.82, 2.24) is 4.98 Å². The minimum atomic E-state index is 0.541. The summed E-state index contributed by atoms with van der Waals surface area (Å²) >= 11 is 5.76. The van der Waals surface area contributed by atoms with Gasteiger partial charge in [-0.1, -0.05) is 13.0 Å². The predicted octanol–water partition coefficient (Wildman–Crippen LogP) is 3.45. The van der Waals surface area contributed by atoms with Crippen LogP contribution in [0.2, 0.25) is 0 Å². The molecule has 2 heterocycles. The quantitative estimate of drug-likeness (QED) is 0.734. The zero-order valence-corrected chi connectivity index (χ0v) is 10.7. The number of pyridine rings is 1. The minimum absolute atomic E-state index is 0.541. The zero-order chi connectivity index (χ0) is 11.5. The number of hydrogen-bond donors (Lipinski definition) is 0. The summed E-state index contributed by atoms with van der Waals surface area (Å²) in [5, 5.41) is 0. The SMILES string of the molecule is CC1CCC(C)N(c2ccc(CCl)cn2)C1. The lowest BCUT2D eigenvalue weighted by molar-refractivity contribution is 0.388. The van der Waals surface area contributed by atoms with Gasteiger partial charge in [0.1, 0.15) is 5.82 Å². The average molecular weight is 239 g/mol. The normalized spacial score (nSPS) is 25.8. The van der Waals surface area contributed by atoms with Crippen molar-refractivity contribution < 1.29 is 0 Å². The van der Waals surface area contributed by atoms with Crippen molar-refractivity contribution >= 4 is 17.4 Å². The summed E-state index contributed by atoms with van der Waals surface area (Å²) in [5.41, 5.74) is 1.09. The number of nitrogens with zero attached hydrogens (tertiary/aromatic N) is 2. The lowest BCUT2D eigenvalue weighted by Gasteiger charge is -2.37. The maximum Gasteiger partial charge on any atom is 0.128 e. The maximum absolute atomic E-state index is 5.76. The Balaban J connectivity index is 2.15. The molecule has 2 unspecified atom stereocenters. The van der Waals surface area contributed by atoms with Gasteiger partial charge in [0.15, 0.2) is 0 Å². The first-order valence-electron chi connectivity index (χ1n) is 5.98. The highest BCUT2D eigenvalue weighted by atomic mass is 35.5. The Morgan fingerprint density at radius 3 is 2.81 bits per heavy atom. The lowest BCUT2D eigenvalue weighted by atomic mass is 9.95. The Morgan fingerprint density at radius 1 is 1.38 bits per heavy atom. The number of piperidine rings is 1. The molecule has 2 nitrogen and oxygen atoms in total. The molecule has 0 spiro atoms. The Labute approximate surface area is 103 Å². The summed E-state index contributed by atoms with van der Waals surface area (Å²) in [6.45, 7) is 5.71. The molecule has 0 bridgehead atoms. The van der Waals surface area contributed by atoms with Crippen LogP contribution in [0.25, 0.3) is 0 Å². The Kier molecular flexibility index (Phi) is 3.70. The van der Waals surface area contributed by atoms with Crippen LogP contribution in [0.15, 0.2) is 18.3 Å². The van der Waals surface area contributed by atoms with E-state index in [0.29, 0.717) is 11.9 Å². The van der Waals surface area contributed by atoms with Gasteiger partial charge in [-0.25, -0.2) is 4.98 Å². The molecule has 88 valence electrons. The molecule has 0 amide bonds. The molecule has 1 saturated heterocycles. The molecular weight excluding hydrogens is 220 g/mol. The van der Waals surface area contributed by atoms with Gasteiger partial charge in [-0.2, -0.15) is 0 Å². The van der Waals surface area contributed by atoms with Gasteiger partial charge in [0.05, 0.1) is 0 Å². The number of alkyl halides is 1. The fourth-order valence-corrected chi connectivity index (χ4v) is 2.43. The first-order chi connectivity index (χ1) is 7.70. The molecule has 1 aliphatic heterocycles. The van der Waals surface area contributed by atoms with Crippen molar-refractivity contribution in [3.63, 3.8) is 0 Å². The monoisotopic (exact) mass is 238 g/mol. The largest absolute Gasteiger partial charge is 0.354 e. The van der Waals surface area contributed by atoms with E-state index < -0.39 is 0 Å². The third-order valence-electron chi connectivity index (χ3n) is 3.38. The molecule has 2 atom stereocenters. The first-order valence-corrected chi connectivity index (χ1v) is 6.51. The smallest absolute Gasteiger partial charge is 0.128 e. The number of hydrogen-bond acceptors (Lipinski definition) is 2. The van der Waals surface area contributed by atoms with Crippen LogP contribution in [-0.2, 0) is 5.88 Å². The topological polar surface area (TPSA) is 16.1 Å². The second-order valence-corrected chi connectivity index (χ2v) is 5.11. The molecule has 1 fully saturated rings. The Bertz CT molecular complexity index is 336. The van der Waals surface area contributed by atoms with E-state index in [4.69, 9.17) is 11.6 Å². The van der Waals surface area contributed by atoms with E-state index in [1.807, 2.05) is 6.20 Å². The van der Waals surface area contributed by atoms with Gasteiger partial charge in [0.2, 0.25) is 0 Å². The van der Waals surface area contributed by atoms with Crippen LogP contribution in [0.1, 0.15) is 32.3 Å². The number of rotatable bonds is 2. The molecule has 0 aliphatic carbocycles. The second kappa shape index (κ2) is 5.05. The van der Waals surface area contributed by atoms with Gasteiger partial charge in [0.25, 0.3) is 0 Å². The van der Waals surface area contributed by atoms with E-state index in [1.165, 1.54) is 12.8 Å². The molecule has 0 radical (unpaired) electrons. The standard InChI is InChI=1S/C13H19ClN2/c1-10-3-4-11(2)16(9-10)13-6-5-12(7-14)8-15-13/h5-6,8,10-11H,3-4,7,9H2,1-2H3. The maximum atomic E-state index is 5.76. The van der Waals surface area contributed by atoms with E-state index in [-0.39, 0.29) is 0 Å². The van der Waals surface area contributed by atoms with Crippen molar-refractivity contribution in [1.29, 1.82) is 0 Å². The average Bonchev–Trinajstić information content (AvgIpc) is 2.32. The van der Waals surface area contributed by atoms with Crippen LogP contribution in [0.5, 0.6) is 0 Å². The van der Waals surface area contributed by atoms with E-state index in [0.717, 1.165) is 23.8 Å². The van der Waals surface area contributed by atoms with Crippen LogP contribution in [-0.4, -0.2) is 17.6 Å². The minimum Gasteiger partial charge on any atom is -0.354 e. The highest BCUT2D eigenvalue weighted by molar-refractivity contribution is 6.17. The molecule has 1 aliphatic rings. The number of halogens is 1. The van der Waals surface area contributed by atoms with Gasteiger partial charge in [-0.15, -0.1) is 11.6 Å². The molecule has 1 aromatic rings. The fraction of sp³-hybridized carbons (Fsp3) is 0.615. The van der Waals surface area contributed by atoms with Crippen LogP contribution >= 0.6 is 11.6 Å². The van der Waals surface area contributed by atoms with E-state index >= 15 is 0 Å². The summed E-state index contributed by atoms with van der Waals surface area (Å²) in [4.78, 5) is 6.91.